The third-order valence-electron chi connectivity index (χ3n) is 4.60. The third-order valence-corrected chi connectivity index (χ3v) is 4.60. The fourth-order valence-electron chi connectivity index (χ4n) is 3.02. The molecule has 1 fully saturated rings. The molecule has 8 heteroatoms. The van der Waals surface area contributed by atoms with Crippen LogP contribution in [0.1, 0.15) is 12.5 Å². The molecule has 28 heavy (non-hydrogen) atoms. The zero-order valence-electron chi connectivity index (χ0n) is 15.4. The number of halogens is 2. The van der Waals surface area contributed by atoms with Gasteiger partial charge in [0.05, 0.1) is 0 Å². The summed E-state index contributed by atoms with van der Waals surface area (Å²) in [6.07, 6.45) is 0. The van der Waals surface area contributed by atoms with Crippen LogP contribution in [-0.4, -0.2) is 47.3 Å². The maximum Gasteiger partial charge on any atom is 0.332 e. The van der Waals surface area contributed by atoms with E-state index in [1.807, 2.05) is 0 Å². The van der Waals surface area contributed by atoms with E-state index in [0.29, 0.717) is 5.69 Å². The smallest absolute Gasteiger partial charge is 0.332 e. The summed E-state index contributed by atoms with van der Waals surface area (Å²) in [5.41, 5.74) is 1.10. The van der Waals surface area contributed by atoms with Crippen LogP contribution in [0.15, 0.2) is 48.5 Å². The molecule has 0 saturated carbocycles. The highest BCUT2D eigenvalue weighted by molar-refractivity contribution is 6.15. The Morgan fingerprint density at radius 2 is 1.54 bits per heavy atom. The van der Waals surface area contributed by atoms with Crippen LogP contribution in [0.5, 0.6) is 0 Å². The Labute approximate surface area is 160 Å². The van der Waals surface area contributed by atoms with E-state index in [1.165, 1.54) is 53.2 Å². The standard InChI is InChI=1S/C20H19F2N3O3/c1-13-19(27)24(20(28)25(13)17-9-7-16(22)8-10-17)12-18(26)23(2)11-14-3-5-15(21)6-4-14/h3-10,13H,11-12H2,1-2H3/t13-/m0/s1. The van der Waals surface area contributed by atoms with E-state index < -0.39 is 36.2 Å². The van der Waals surface area contributed by atoms with Crippen LogP contribution in [-0.2, 0) is 16.1 Å². The first-order valence-electron chi connectivity index (χ1n) is 8.66. The second-order valence-electron chi connectivity index (χ2n) is 6.61. The molecule has 6 nitrogen and oxygen atoms in total. The first-order chi connectivity index (χ1) is 13.3. The van der Waals surface area contributed by atoms with Gasteiger partial charge in [0.1, 0.15) is 24.2 Å². The molecule has 4 amide bonds. The summed E-state index contributed by atoms with van der Waals surface area (Å²) in [6.45, 7) is 1.36. The highest BCUT2D eigenvalue weighted by Crippen LogP contribution is 2.26. The van der Waals surface area contributed by atoms with E-state index in [2.05, 4.69) is 0 Å². The largest absolute Gasteiger partial charge is 0.340 e. The van der Waals surface area contributed by atoms with Crippen molar-refractivity contribution in [2.24, 2.45) is 0 Å². The van der Waals surface area contributed by atoms with Gasteiger partial charge in [0.15, 0.2) is 0 Å². The third kappa shape index (κ3) is 3.85. The zero-order valence-corrected chi connectivity index (χ0v) is 15.4. The van der Waals surface area contributed by atoms with Crippen LogP contribution in [0.25, 0.3) is 0 Å². The average Bonchev–Trinajstić information content (AvgIpc) is 2.88. The van der Waals surface area contributed by atoms with E-state index in [1.54, 1.807) is 19.1 Å². The van der Waals surface area contributed by atoms with Crippen molar-refractivity contribution >= 4 is 23.5 Å². The molecule has 1 aliphatic rings. The molecule has 0 bridgehead atoms. The SMILES string of the molecule is C[C@H]1C(=O)N(CC(=O)N(C)Cc2ccc(F)cc2)C(=O)N1c1ccc(F)cc1. The van der Waals surface area contributed by atoms with Gasteiger partial charge in [0.2, 0.25) is 5.91 Å². The normalized spacial score (nSPS) is 16.6. The summed E-state index contributed by atoms with van der Waals surface area (Å²) < 4.78 is 26.1. The highest BCUT2D eigenvalue weighted by atomic mass is 19.1. The number of likely N-dealkylation sites (N-methyl/N-ethyl adjacent to an activating group) is 1. The predicted octanol–water partition coefficient (Wildman–Crippen LogP) is 2.78. The maximum absolute atomic E-state index is 13.1. The van der Waals surface area contributed by atoms with Crippen molar-refractivity contribution in [3.63, 3.8) is 0 Å². The van der Waals surface area contributed by atoms with E-state index in [9.17, 15) is 23.2 Å². The number of rotatable bonds is 5. The van der Waals surface area contributed by atoms with Crippen LogP contribution < -0.4 is 4.90 Å². The lowest BCUT2D eigenvalue weighted by Gasteiger charge is -2.21. The Morgan fingerprint density at radius 3 is 2.11 bits per heavy atom. The number of benzene rings is 2. The van der Waals surface area contributed by atoms with E-state index in [0.717, 1.165) is 10.5 Å². The molecule has 0 spiro atoms. The fraction of sp³-hybridized carbons (Fsp3) is 0.250. The van der Waals surface area contributed by atoms with Gasteiger partial charge in [0, 0.05) is 19.3 Å². The Balaban J connectivity index is 1.69. The van der Waals surface area contributed by atoms with Gasteiger partial charge >= 0.3 is 6.03 Å². The highest BCUT2D eigenvalue weighted by Gasteiger charge is 2.44. The van der Waals surface area contributed by atoms with Crippen LogP contribution in [0.4, 0.5) is 19.3 Å². The van der Waals surface area contributed by atoms with Crippen molar-refractivity contribution in [3.8, 4) is 0 Å². The van der Waals surface area contributed by atoms with Crippen LogP contribution in [0.2, 0.25) is 0 Å². The van der Waals surface area contributed by atoms with E-state index in [-0.39, 0.29) is 12.4 Å². The molecular weight excluding hydrogens is 368 g/mol. The summed E-state index contributed by atoms with van der Waals surface area (Å²) in [5, 5.41) is 0. The van der Waals surface area contributed by atoms with Gasteiger partial charge in [-0.3, -0.25) is 19.4 Å². The molecule has 3 rings (SSSR count). The number of carbonyl (C=O) groups is 3. The molecule has 0 N–H and O–H groups in total. The number of hydrogen-bond acceptors (Lipinski definition) is 3. The summed E-state index contributed by atoms with van der Waals surface area (Å²) in [6, 6.07) is 9.49. The number of hydrogen-bond donors (Lipinski definition) is 0. The molecule has 2 aromatic rings. The lowest BCUT2D eigenvalue weighted by Crippen LogP contribution is -2.42. The monoisotopic (exact) mass is 387 g/mol. The maximum atomic E-state index is 13.1. The molecule has 1 atom stereocenters. The number of urea groups is 1. The molecule has 1 saturated heterocycles. The molecule has 1 aliphatic heterocycles. The first-order valence-corrected chi connectivity index (χ1v) is 8.66. The van der Waals surface area contributed by atoms with Crippen molar-refractivity contribution in [1.29, 1.82) is 0 Å². The average molecular weight is 387 g/mol. The quantitative estimate of drug-likeness (QED) is 0.742. The Kier molecular flexibility index (Phi) is 5.39. The molecular formula is C20H19F2N3O3. The second kappa shape index (κ2) is 7.75. The minimum atomic E-state index is -0.798. The second-order valence-corrected chi connectivity index (χ2v) is 6.61. The number of nitrogens with zero attached hydrogens (tertiary/aromatic N) is 3. The van der Waals surface area contributed by atoms with Gasteiger partial charge in [-0.05, 0) is 48.9 Å². The first kappa shape index (κ1) is 19.5. The summed E-state index contributed by atoms with van der Waals surface area (Å²) in [5.74, 6) is -1.76. The molecule has 0 unspecified atom stereocenters. The molecule has 146 valence electrons. The van der Waals surface area contributed by atoms with Gasteiger partial charge in [-0.2, -0.15) is 0 Å². The van der Waals surface area contributed by atoms with Crippen molar-refractivity contribution in [1.82, 2.24) is 9.80 Å². The topological polar surface area (TPSA) is 60.9 Å². The number of amides is 4. The van der Waals surface area contributed by atoms with E-state index >= 15 is 0 Å². The minimum absolute atomic E-state index is 0.215. The number of carbonyl (C=O) groups excluding carboxylic acids is 3. The fourth-order valence-corrected chi connectivity index (χ4v) is 3.02. The Morgan fingerprint density at radius 1 is 1.00 bits per heavy atom. The molecule has 0 radical (unpaired) electrons. The van der Waals surface area contributed by atoms with Crippen LogP contribution >= 0.6 is 0 Å². The van der Waals surface area contributed by atoms with Gasteiger partial charge < -0.3 is 4.90 Å². The van der Waals surface area contributed by atoms with Gasteiger partial charge in [-0.1, -0.05) is 12.1 Å². The van der Waals surface area contributed by atoms with Gasteiger partial charge in [0.25, 0.3) is 5.91 Å². The van der Waals surface area contributed by atoms with Crippen LogP contribution in [0, 0.1) is 11.6 Å². The summed E-state index contributed by atoms with van der Waals surface area (Å²) in [4.78, 5) is 41.2. The van der Waals surface area contributed by atoms with Crippen LogP contribution in [0.3, 0.4) is 0 Å². The minimum Gasteiger partial charge on any atom is -0.340 e. The van der Waals surface area contributed by atoms with Crippen molar-refractivity contribution in [2.45, 2.75) is 19.5 Å². The summed E-state index contributed by atoms with van der Waals surface area (Å²) >= 11 is 0. The number of imide groups is 1. The lowest BCUT2D eigenvalue weighted by molar-refractivity contribution is -0.136. The molecule has 1 heterocycles. The summed E-state index contributed by atoms with van der Waals surface area (Å²) in [7, 11) is 1.54. The van der Waals surface area contributed by atoms with Crippen molar-refractivity contribution in [3.05, 3.63) is 65.7 Å². The molecule has 2 aromatic carbocycles. The number of anilines is 1. The Bertz CT molecular complexity index is 900. The van der Waals surface area contributed by atoms with Gasteiger partial charge in [-0.15, -0.1) is 0 Å². The van der Waals surface area contributed by atoms with Crippen molar-refractivity contribution < 1.29 is 23.2 Å². The van der Waals surface area contributed by atoms with Crippen molar-refractivity contribution in [2.75, 3.05) is 18.5 Å². The predicted molar refractivity (Wildman–Crippen MR) is 98.3 cm³/mol. The van der Waals surface area contributed by atoms with E-state index in [4.69, 9.17) is 0 Å². The van der Waals surface area contributed by atoms with Gasteiger partial charge in [-0.25, -0.2) is 13.6 Å². The molecule has 0 aliphatic carbocycles. The molecule has 0 aromatic heterocycles. The zero-order chi connectivity index (χ0) is 20.4. The Hall–Kier alpha value is -3.29. The lowest BCUT2D eigenvalue weighted by atomic mass is 10.2.